The molecule has 8 heteroatoms. The maximum atomic E-state index is 10.2. The number of aromatic carboxylic acids is 1. The molecule has 0 saturated carbocycles. The van der Waals surface area contributed by atoms with E-state index in [1.54, 1.807) is 30.3 Å². The number of hydrogen-bond donors (Lipinski definition) is 4. The van der Waals surface area contributed by atoms with Crippen LogP contribution in [0.4, 0.5) is 0 Å². The van der Waals surface area contributed by atoms with Gasteiger partial charge in [0.2, 0.25) is 0 Å². The predicted octanol–water partition coefficient (Wildman–Crippen LogP) is -2.43. The van der Waals surface area contributed by atoms with Crippen LogP contribution in [0.5, 0.6) is 0 Å². The topological polar surface area (TPSA) is 115 Å². The Morgan fingerprint density at radius 2 is 1.47 bits per heavy atom. The van der Waals surface area contributed by atoms with Crippen LogP contribution >= 0.6 is 7.82 Å². The van der Waals surface area contributed by atoms with Crippen molar-refractivity contribution in [2.45, 2.75) is 0 Å². The first-order valence-corrected chi connectivity index (χ1v) is 4.94. The molecule has 0 unspecified atom stereocenters. The molecule has 15 heavy (non-hydrogen) atoms. The molecule has 1 aromatic carbocycles. The SMILES string of the molecule is O=C(O)c1ccccc1.O=P(O)(O)O.[H-].[Na+]. The Labute approximate surface area is 110 Å². The molecule has 0 heterocycles. The Balaban J connectivity index is -0.000000214. The Morgan fingerprint density at radius 3 is 1.67 bits per heavy atom. The van der Waals surface area contributed by atoms with Crippen molar-refractivity contribution in [1.82, 2.24) is 0 Å². The van der Waals surface area contributed by atoms with E-state index in [0.717, 1.165) is 0 Å². The van der Waals surface area contributed by atoms with Gasteiger partial charge < -0.3 is 21.2 Å². The van der Waals surface area contributed by atoms with E-state index in [4.69, 9.17) is 24.4 Å². The zero-order valence-corrected chi connectivity index (χ0v) is 10.8. The summed E-state index contributed by atoms with van der Waals surface area (Å²) in [7, 11) is -4.64. The Morgan fingerprint density at radius 1 is 1.13 bits per heavy atom. The van der Waals surface area contributed by atoms with E-state index in [1.807, 2.05) is 0 Å². The summed E-state index contributed by atoms with van der Waals surface area (Å²) in [5.41, 5.74) is 0.331. The van der Waals surface area contributed by atoms with E-state index in [-0.39, 0.29) is 31.0 Å². The van der Waals surface area contributed by atoms with Crippen molar-refractivity contribution in [1.29, 1.82) is 0 Å². The number of carboxylic acid groups (broad SMARTS) is 1. The van der Waals surface area contributed by atoms with Crippen LogP contribution in [0.1, 0.15) is 11.8 Å². The molecule has 0 bridgehead atoms. The fourth-order valence-corrected chi connectivity index (χ4v) is 0.581. The molecule has 4 N–H and O–H groups in total. The number of carbonyl (C=O) groups is 1. The Bertz CT molecular complexity index is 332. The van der Waals surface area contributed by atoms with Crippen molar-refractivity contribution in [2.75, 3.05) is 0 Å². The van der Waals surface area contributed by atoms with Crippen LogP contribution in [0.2, 0.25) is 0 Å². The molecule has 0 aliphatic heterocycles. The average Bonchev–Trinajstić information content (AvgIpc) is 2.03. The molecule has 0 radical (unpaired) electrons. The second-order valence-electron chi connectivity index (χ2n) is 2.18. The molecule has 0 spiro atoms. The maximum absolute atomic E-state index is 10.2. The molecule has 1 aromatic rings. The largest absolute Gasteiger partial charge is 1.00 e. The quantitative estimate of drug-likeness (QED) is 0.322. The fraction of sp³-hybridized carbons (Fsp3) is 0. The van der Waals surface area contributed by atoms with Crippen LogP contribution in [0.25, 0.3) is 0 Å². The van der Waals surface area contributed by atoms with Gasteiger partial charge in [0.1, 0.15) is 0 Å². The van der Waals surface area contributed by atoms with Crippen molar-refractivity contribution >= 4 is 13.8 Å². The zero-order valence-electron chi connectivity index (χ0n) is 8.94. The van der Waals surface area contributed by atoms with Gasteiger partial charge in [-0.15, -0.1) is 0 Å². The van der Waals surface area contributed by atoms with E-state index in [1.165, 1.54) is 0 Å². The second kappa shape index (κ2) is 8.01. The standard InChI is InChI=1S/C7H6O2.Na.H3O4P.H/c8-7(9)6-4-2-1-3-5-6;;1-5(2,3)4;/h1-5H,(H,8,9);;(H3,1,2,3,4);/q;+1;;-1. The van der Waals surface area contributed by atoms with Crippen molar-refractivity contribution in [3.05, 3.63) is 35.9 Å². The number of rotatable bonds is 1. The van der Waals surface area contributed by atoms with Crippen molar-refractivity contribution in [2.24, 2.45) is 0 Å². The molecule has 0 fully saturated rings. The third-order valence-corrected chi connectivity index (χ3v) is 1.02. The van der Waals surface area contributed by atoms with Crippen LogP contribution < -0.4 is 29.6 Å². The first-order valence-electron chi connectivity index (χ1n) is 3.37. The van der Waals surface area contributed by atoms with Gasteiger partial charge in [0, 0.05) is 0 Å². The molecule has 1 rings (SSSR count). The van der Waals surface area contributed by atoms with Crippen LogP contribution in [0.3, 0.4) is 0 Å². The van der Waals surface area contributed by atoms with E-state index in [9.17, 15) is 4.79 Å². The zero-order chi connectivity index (χ0) is 11.2. The summed E-state index contributed by atoms with van der Waals surface area (Å²) >= 11 is 0. The molecule has 0 aliphatic carbocycles. The molecule has 0 aromatic heterocycles. The first kappa shape index (κ1) is 17.2. The molecular formula is C7H10NaO6P. The van der Waals surface area contributed by atoms with Crippen molar-refractivity contribution in [3.63, 3.8) is 0 Å². The van der Waals surface area contributed by atoms with Crippen LogP contribution in [-0.4, -0.2) is 25.8 Å². The summed E-state index contributed by atoms with van der Waals surface area (Å²) in [6.07, 6.45) is 0. The molecule has 0 aliphatic rings. The summed E-state index contributed by atoms with van der Waals surface area (Å²) < 4.78 is 8.88. The summed E-state index contributed by atoms with van der Waals surface area (Å²) in [5, 5.41) is 8.38. The molecule has 0 saturated heterocycles. The smallest absolute Gasteiger partial charge is 1.00 e. The predicted molar refractivity (Wildman–Crippen MR) is 48.8 cm³/mol. The van der Waals surface area contributed by atoms with Gasteiger partial charge in [0.05, 0.1) is 5.56 Å². The van der Waals surface area contributed by atoms with E-state index >= 15 is 0 Å². The Kier molecular flexibility index (Phi) is 9.19. The van der Waals surface area contributed by atoms with E-state index in [0.29, 0.717) is 5.56 Å². The van der Waals surface area contributed by atoms with Crippen LogP contribution in [-0.2, 0) is 4.57 Å². The monoisotopic (exact) mass is 244 g/mol. The third kappa shape index (κ3) is 13.8. The van der Waals surface area contributed by atoms with Crippen LogP contribution in [0.15, 0.2) is 30.3 Å². The number of benzene rings is 1. The van der Waals surface area contributed by atoms with E-state index in [2.05, 4.69) is 0 Å². The Hall–Kier alpha value is -0.200. The van der Waals surface area contributed by atoms with Gasteiger partial charge in [0.25, 0.3) is 0 Å². The minimum atomic E-state index is -4.64. The fourth-order valence-electron chi connectivity index (χ4n) is 0.581. The molecule has 80 valence electrons. The number of carboxylic acids is 1. The third-order valence-electron chi connectivity index (χ3n) is 1.02. The van der Waals surface area contributed by atoms with Gasteiger partial charge in [-0.2, -0.15) is 0 Å². The van der Waals surface area contributed by atoms with Gasteiger partial charge in [0.15, 0.2) is 0 Å². The van der Waals surface area contributed by atoms with Gasteiger partial charge in [-0.1, -0.05) is 18.2 Å². The number of phosphoric acid groups is 1. The summed E-state index contributed by atoms with van der Waals surface area (Å²) in [6, 6.07) is 8.30. The van der Waals surface area contributed by atoms with Gasteiger partial charge in [-0.3, -0.25) is 0 Å². The first-order chi connectivity index (χ1) is 6.30. The average molecular weight is 244 g/mol. The minimum Gasteiger partial charge on any atom is -1.00 e. The molecule has 0 amide bonds. The molecule has 6 nitrogen and oxygen atoms in total. The number of hydrogen-bond acceptors (Lipinski definition) is 2. The van der Waals surface area contributed by atoms with Crippen molar-refractivity contribution < 1.29 is 60.1 Å². The normalized spacial score (nSPS) is 9.27. The minimum absolute atomic E-state index is 0. The summed E-state index contributed by atoms with van der Waals surface area (Å²) in [5.74, 6) is -0.879. The molecule has 0 atom stereocenters. The second-order valence-corrected chi connectivity index (χ2v) is 3.21. The molecular weight excluding hydrogens is 234 g/mol. The summed E-state index contributed by atoms with van der Waals surface area (Å²) in [4.78, 5) is 31.8. The van der Waals surface area contributed by atoms with Gasteiger partial charge in [-0.25, -0.2) is 9.36 Å². The van der Waals surface area contributed by atoms with Gasteiger partial charge >= 0.3 is 43.3 Å². The van der Waals surface area contributed by atoms with Crippen molar-refractivity contribution in [3.8, 4) is 0 Å². The van der Waals surface area contributed by atoms with Crippen LogP contribution in [0, 0.1) is 0 Å². The van der Waals surface area contributed by atoms with Gasteiger partial charge in [-0.05, 0) is 12.1 Å². The maximum Gasteiger partial charge on any atom is 1.00 e. The summed E-state index contributed by atoms with van der Waals surface area (Å²) in [6.45, 7) is 0. The van der Waals surface area contributed by atoms with E-state index < -0.39 is 13.8 Å².